The van der Waals surface area contributed by atoms with Crippen LogP contribution in [-0.4, -0.2) is 57.5 Å². The SMILES string of the molecule is CC(C)CCC[C@@H](C)[C@H]1CC[C@H]2[C@@H]3CC=C4C[C@@H](O)CC[C@]4(C)[C@H]3CC[C@]12C.CC(C)CCC[C@@H](C)[C@H]1CC[C@H]2[C@@H]3CC=C4C[C@@H](O)CC[C@]4(C)[C@H]3CC[C@]12C.O=S(=O)(O)O.O=S(=O)(O)O. The molecule has 0 heterocycles. The lowest BCUT2D eigenvalue weighted by Gasteiger charge is -2.58. The van der Waals surface area contributed by atoms with Crippen molar-refractivity contribution in [2.45, 2.75) is 223 Å². The molecule has 16 atom stereocenters. The summed E-state index contributed by atoms with van der Waals surface area (Å²) in [7, 11) is -9.33. The maximum Gasteiger partial charge on any atom is 0.394 e. The Morgan fingerprint density at radius 3 is 1.15 bits per heavy atom. The van der Waals surface area contributed by atoms with Crippen LogP contribution in [0.2, 0.25) is 0 Å². The summed E-state index contributed by atoms with van der Waals surface area (Å²) in [6.07, 6.45) is 34.3. The highest BCUT2D eigenvalue weighted by Gasteiger charge is 2.60. The van der Waals surface area contributed by atoms with E-state index in [1.165, 1.54) is 116 Å². The summed E-state index contributed by atoms with van der Waals surface area (Å²) in [5.41, 5.74) is 5.21. The van der Waals surface area contributed by atoms with Crippen LogP contribution < -0.4 is 0 Å². The third-order valence-electron chi connectivity index (χ3n) is 20.6. The van der Waals surface area contributed by atoms with Crippen LogP contribution in [0, 0.1) is 92.7 Å². The van der Waals surface area contributed by atoms with Crippen LogP contribution in [0.15, 0.2) is 23.3 Å². The van der Waals surface area contributed by atoms with Gasteiger partial charge in [-0.3, -0.25) is 18.2 Å². The van der Waals surface area contributed by atoms with E-state index in [-0.39, 0.29) is 12.2 Å². The maximum atomic E-state index is 10.2. The van der Waals surface area contributed by atoms with Crippen molar-refractivity contribution in [2.24, 2.45) is 92.7 Å². The molecule has 0 amide bonds. The Morgan fingerprint density at radius 2 is 0.833 bits per heavy atom. The lowest BCUT2D eigenvalue weighted by atomic mass is 9.47. The van der Waals surface area contributed by atoms with Gasteiger partial charge in [-0.25, -0.2) is 0 Å². The van der Waals surface area contributed by atoms with Gasteiger partial charge in [0.15, 0.2) is 0 Å². The highest BCUT2D eigenvalue weighted by molar-refractivity contribution is 7.80. The lowest BCUT2D eigenvalue weighted by Crippen LogP contribution is -2.50. The summed E-state index contributed by atoms with van der Waals surface area (Å²) in [5, 5.41) is 20.4. The first-order valence-corrected chi connectivity index (χ1v) is 29.5. The Labute approximate surface area is 403 Å². The van der Waals surface area contributed by atoms with Gasteiger partial charge in [-0.2, -0.15) is 16.8 Å². The molecule has 12 heteroatoms. The number of allylic oxidation sites excluding steroid dienone is 2. The summed E-state index contributed by atoms with van der Waals surface area (Å²) in [6, 6.07) is 0. The second kappa shape index (κ2) is 22.3. The van der Waals surface area contributed by atoms with Crippen molar-refractivity contribution in [3.05, 3.63) is 23.3 Å². The van der Waals surface area contributed by atoms with Gasteiger partial charge in [-0.05, 0) is 195 Å². The maximum absolute atomic E-state index is 10.2. The Morgan fingerprint density at radius 1 is 0.500 bits per heavy atom. The quantitative estimate of drug-likeness (QED) is 0.0908. The molecular formula is C54H96O10S2. The van der Waals surface area contributed by atoms with Crippen LogP contribution in [0.1, 0.15) is 210 Å². The van der Waals surface area contributed by atoms with Crippen molar-refractivity contribution in [1.82, 2.24) is 0 Å². The van der Waals surface area contributed by atoms with Crippen molar-refractivity contribution in [2.75, 3.05) is 0 Å². The van der Waals surface area contributed by atoms with Gasteiger partial charge < -0.3 is 10.2 Å². The van der Waals surface area contributed by atoms with Gasteiger partial charge in [0, 0.05) is 0 Å². The van der Waals surface area contributed by atoms with E-state index in [9.17, 15) is 10.2 Å². The predicted molar refractivity (Wildman–Crippen MR) is 266 cm³/mol. The Kier molecular flexibility index (Phi) is 18.9. The minimum absolute atomic E-state index is 0.0766. The number of aliphatic hydroxyl groups is 2. The molecule has 6 fully saturated rings. The number of rotatable bonds is 10. The molecule has 8 aliphatic rings. The predicted octanol–water partition coefficient (Wildman–Crippen LogP) is 13.5. The van der Waals surface area contributed by atoms with Crippen molar-refractivity contribution < 1.29 is 45.3 Å². The largest absolute Gasteiger partial charge is 0.394 e. The minimum atomic E-state index is -4.67. The van der Waals surface area contributed by atoms with E-state index in [0.29, 0.717) is 21.7 Å². The van der Waals surface area contributed by atoms with Gasteiger partial charge in [-0.15, -0.1) is 0 Å². The molecule has 8 rings (SSSR count). The van der Waals surface area contributed by atoms with Crippen LogP contribution in [-0.2, 0) is 20.8 Å². The molecule has 0 saturated heterocycles. The number of aliphatic hydroxyl groups excluding tert-OH is 2. The van der Waals surface area contributed by atoms with Crippen LogP contribution in [0.5, 0.6) is 0 Å². The zero-order valence-corrected chi connectivity index (χ0v) is 44.6. The smallest absolute Gasteiger partial charge is 0.393 e. The third-order valence-corrected chi connectivity index (χ3v) is 20.6. The normalized spacial score (nSPS) is 41.2. The van der Waals surface area contributed by atoms with E-state index in [1.807, 2.05) is 0 Å². The topological polar surface area (TPSA) is 190 Å². The zero-order valence-electron chi connectivity index (χ0n) is 42.9. The molecule has 0 radical (unpaired) electrons. The van der Waals surface area contributed by atoms with Crippen LogP contribution >= 0.6 is 0 Å². The molecule has 0 aromatic carbocycles. The molecule has 0 spiro atoms. The molecule has 0 aliphatic heterocycles. The number of fused-ring (bicyclic) bond motifs is 10. The fourth-order valence-corrected chi connectivity index (χ4v) is 17.3. The van der Waals surface area contributed by atoms with E-state index in [4.69, 9.17) is 35.0 Å². The highest BCUT2D eigenvalue weighted by atomic mass is 32.3. The van der Waals surface area contributed by atoms with Crippen LogP contribution in [0.25, 0.3) is 0 Å². The highest BCUT2D eigenvalue weighted by Crippen LogP contribution is 2.69. The van der Waals surface area contributed by atoms with Gasteiger partial charge in [0.05, 0.1) is 12.2 Å². The molecule has 6 saturated carbocycles. The van der Waals surface area contributed by atoms with Gasteiger partial charge in [0.2, 0.25) is 0 Å². The van der Waals surface area contributed by atoms with Crippen molar-refractivity contribution in [1.29, 1.82) is 0 Å². The van der Waals surface area contributed by atoms with Gasteiger partial charge in [-0.1, -0.05) is 131 Å². The van der Waals surface area contributed by atoms with E-state index in [0.717, 1.165) is 96.7 Å². The molecule has 8 aliphatic carbocycles. The standard InChI is InChI=1S/2C27H46O.2H2O4S/c2*1-18(2)7-6-8-19(3)23-11-12-24-22-10-9-20-17-21(28)13-15-26(20,4)25(22)14-16-27(23,24)5;2*1-5(2,3)4/h2*9,18-19,21-25,28H,6-8,10-17H2,1-5H3;2*(H2,1,2,3,4)/t2*19-,21+,22+,23-,24+,25+,26+,27-;;/m11../s1. The molecule has 66 heavy (non-hydrogen) atoms. The average Bonchev–Trinajstić information content (AvgIpc) is 3.74. The average molecular weight is 969 g/mol. The van der Waals surface area contributed by atoms with Crippen molar-refractivity contribution in [3.8, 4) is 0 Å². The van der Waals surface area contributed by atoms with E-state index >= 15 is 0 Å². The van der Waals surface area contributed by atoms with E-state index in [1.54, 1.807) is 11.1 Å². The first-order chi connectivity index (χ1) is 30.5. The fourth-order valence-electron chi connectivity index (χ4n) is 17.3. The lowest BCUT2D eigenvalue weighted by molar-refractivity contribution is -0.0573. The molecule has 0 bridgehead atoms. The van der Waals surface area contributed by atoms with Crippen LogP contribution in [0.3, 0.4) is 0 Å². The second-order valence-corrected chi connectivity index (χ2v) is 27.1. The summed E-state index contributed by atoms with van der Waals surface area (Å²) in [6.45, 7) is 25.1. The Hall–Kier alpha value is -0.860. The molecule has 384 valence electrons. The summed E-state index contributed by atoms with van der Waals surface area (Å²) in [5.74, 6) is 10.9. The van der Waals surface area contributed by atoms with E-state index < -0.39 is 20.8 Å². The van der Waals surface area contributed by atoms with Gasteiger partial charge >= 0.3 is 20.8 Å². The Bertz CT molecular complexity index is 1730. The molecular weight excluding hydrogens is 873 g/mol. The van der Waals surface area contributed by atoms with Crippen LogP contribution in [0.4, 0.5) is 0 Å². The third kappa shape index (κ3) is 13.3. The summed E-state index contributed by atoms with van der Waals surface area (Å²) in [4.78, 5) is 0. The molecule has 0 aromatic heterocycles. The second-order valence-electron chi connectivity index (χ2n) is 25.3. The van der Waals surface area contributed by atoms with Crippen molar-refractivity contribution in [3.63, 3.8) is 0 Å². The van der Waals surface area contributed by atoms with Gasteiger partial charge in [0.1, 0.15) is 0 Å². The first kappa shape index (κ1) is 56.1. The molecule has 6 N–H and O–H groups in total. The van der Waals surface area contributed by atoms with E-state index in [2.05, 4.69) is 81.4 Å². The number of hydrogen-bond donors (Lipinski definition) is 6. The molecule has 0 unspecified atom stereocenters. The summed E-state index contributed by atoms with van der Waals surface area (Å²) >= 11 is 0. The monoisotopic (exact) mass is 969 g/mol. The zero-order chi connectivity index (χ0) is 49.2. The molecule has 10 nitrogen and oxygen atoms in total. The molecule has 0 aromatic rings. The number of hydrogen-bond acceptors (Lipinski definition) is 6. The van der Waals surface area contributed by atoms with Crippen molar-refractivity contribution >= 4 is 20.8 Å². The Balaban J connectivity index is 0.000000206. The first-order valence-electron chi connectivity index (χ1n) is 26.7. The van der Waals surface area contributed by atoms with Gasteiger partial charge in [0.25, 0.3) is 0 Å². The fraction of sp³-hybridized carbons (Fsp3) is 0.926. The summed E-state index contributed by atoms with van der Waals surface area (Å²) < 4.78 is 63.2. The minimum Gasteiger partial charge on any atom is -0.393 e.